The largest absolute Gasteiger partial charge is 0.462 e. The molecule has 2 rings (SSSR count). The number of unbranched alkanes of at least 4 members (excludes halogenated alkanes) is 3. The van der Waals surface area contributed by atoms with Crippen LogP contribution in [0.25, 0.3) is 0 Å². The number of esters is 2. The van der Waals surface area contributed by atoms with Crippen LogP contribution in [-0.2, 0) is 4.74 Å². The Labute approximate surface area is 142 Å². The number of rotatable bonds is 8. The van der Waals surface area contributed by atoms with Crippen LogP contribution in [0, 0.1) is 0 Å². The first-order chi connectivity index (χ1) is 11.7. The Morgan fingerprint density at radius 1 is 0.833 bits per heavy atom. The SMILES string of the molecule is CCCCCCOC(=O)c1cccc(C(=O)Oc2ccccc2)c1. The Morgan fingerprint density at radius 2 is 1.54 bits per heavy atom. The minimum Gasteiger partial charge on any atom is -0.462 e. The zero-order valence-electron chi connectivity index (χ0n) is 13.9. The molecule has 0 aliphatic heterocycles. The van der Waals surface area contributed by atoms with Gasteiger partial charge >= 0.3 is 11.9 Å². The first-order valence-corrected chi connectivity index (χ1v) is 8.25. The van der Waals surface area contributed by atoms with Gasteiger partial charge in [0.05, 0.1) is 17.7 Å². The molecule has 4 nitrogen and oxygen atoms in total. The van der Waals surface area contributed by atoms with Crippen molar-refractivity contribution in [3.63, 3.8) is 0 Å². The maximum Gasteiger partial charge on any atom is 0.343 e. The lowest BCUT2D eigenvalue weighted by molar-refractivity contribution is 0.0498. The highest BCUT2D eigenvalue weighted by Crippen LogP contribution is 2.13. The van der Waals surface area contributed by atoms with Crippen LogP contribution in [0.4, 0.5) is 0 Å². The fraction of sp³-hybridized carbons (Fsp3) is 0.300. The van der Waals surface area contributed by atoms with Crippen molar-refractivity contribution in [2.75, 3.05) is 6.61 Å². The maximum absolute atomic E-state index is 12.1. The van der Waals surface area contributed by atoms with Crippen molar-refractivity contribution in [2.45, 2.75) is 32.6 Å². The monoisotopic (exact) mass is 326 g/mol. The number of para-hydroxylation sites is 1. The van der Waals surface area contributed by atoms with E-state index < -0.39 is 11.9 Å². The van der Waals surface area contributed by atoms with Gasteiger partial charge in [0, 0.05) is 0 Å². The normalized spacial score (nSPS) is 10.2. The third-order valence-corrected chi connectivity index (χ3v) is 3.52. The van der Waals surface area contributed by atoms with Crippen molar-refractivity contribution in [2.24, 2.45) is 0 Å². The lowest BCUT2D eigenvalue weighted by Gasteiger charge is -2.07. The Hall–Kier alpha value is -2.62. The standard InChI is InChI=1S/C20H22O4/c1-2-3-4-8-14-23-19(21)16-10-9-11-17(15-16)20(22)24-18-12-6-5-7-13-18/h5-7,9-13,15H,2-4,8,14H2,1H3. The van der Waals surface area contributed by atoms with Crippen molar-refractivity contribution in [3.8, 4) is 5.75 Å². The third-order valence-electron chi connectivity index (χ3n) is 3.52. The van der Waals surface area contributed by atoms with Crippen LogP contribution in [0.2, 0.25) is 0 Å². The van der Waals surface area contributed by atoms with E-state index in [2.05, 4.69) is 6.92 Å². The van der Waals surface area contributed by atoms with Crippen LogP contribution < -0.4 is 4.74 Å². The van der Waals surface area contributed by atoms with E-state index in [4.69, 9.17) is 9.47 Å². The molecule has 0 spiro atoms. The summed E-state index contributed by atoms with van der Waals surface area (Å²) >= 11 is 0. The molecule has 0 aromatic heterocycles. The molecule has 4 heteroatoms. The third kappa shape index (κ3) is 5.54. The number of benzene rings is 2. The Bertz CT molecular complexity index is 664. The van der Waals surface area contributed by atoms with Crippen molar-refractivity contribution in [1.82, 2.24) is 0 Å². The van der Waals surface area contributed by atoms with E-state index in [-0.39, 0.29) is 0 Å². The summed E-state index contributed by atoms with van der Waals surface area (Å²) in [5.74, 6) is -0.453. The first kappa shape index (κ1) is 17.7. The summed E-state index contributed by atoms with van der Waals surface area (Å²) in [4.78, 5) is 24.2. The van der Waals surface area contributed by atoms with E-state index in [0.29, 0.717) is 23.5 Å². The van der Waals surface area contributed by atoms with E-state index in [9.17, 15) is 9.59 Å². The van der Waals surface area contributed by atoms with Gasteiger partial charge in [-0.15, -0.1) is 0 Å². The molecule has 0 aliphatic rings. The van der Waals surface area contributed by atoms with Crippen LogP contribution >= 0.6 is 0 Å². The van der Waals surface area contributed by atoms with Gasteiger partial charge in [0.2, 0.25) is 0 Å². The van der Waals surface area contributed by atoms with Gasteiger partial charge in [0.25, 0.3) is 0 Å². The zero-order valence-corrected chi connectivity index (χ0v) is 13.9. The first-order valence-electron chi connectivity index (χ1n) is 8.25. The molecule has 24 heavy (non-hydrogen) atoms. The highest BCUT2D eigenvalue weighted by atomic mass is 16.5. The number of carbonyl (C=O) groups is 2. The molecule has 0 unspecified atom stereocenters. The van der Waals surface area contributed by atoms with E-state index >= 15 is 0 Å². The van der Waals surface area contributed by atoms with E-state index in [1.165, 1.54) is 6.07 Å². The van der Waals surface area contributed by atoms with Gasteiger partial charge in [0.1, 0.15) is 5.75 Å². The Balaban J connectivity index is 1.93. The minimum absolute atomic E-state index is 0.319. The molecule has 0 radical (unpaired) electrons. The van der Waals surface area contributed by atoms with Crippen LogP contribution in [-0.4, -0.2) is 18.5 Å². The minimum atomic E-state index is -0.501. The van der Waals surface area contributed by atoms with Crippen LogP contribution in [0.3, 0.4) is 0 Å². The smallest absolute Gasteiger partial charge is 0.343 e. The molecular weight excluding hydrogens is 304 g/mol. The molecular formula is C20H22O4. The summed E-state index contributed by atoms with van der Waals surface area (Å²) in [7, 11) is 0. The topological polar surface area (TPSA) is 52.6 Å². The predicted octanol–water partition coefficient (Wildman–Crippen LogP) is 4.64. The van der Waals surface area contributed by atoms with Gasteiger partial charge in [-0.2, -0.15) is 0 Å². The van der Waals surface area contributed by atoms with Crippen LogP contribution in [0.15, 0.2) is 54.6 Å². The number of hydrogen-bond acceptors (Lipinski definition) is 4. The van der Waals surface area contributed by atoms with Gasteiger partial charge in [-0.3, -0.25) is 0 Å². The molecule has 0 saturated carbocycles. The summed E-state index contributed by atoms with van der Waals surface area (Å²) in [6, 6.07) is 15.2. The second-order valence-corrected chi connectivity index (χ2v) is 5.48. The predicted molar refractivity (Wildman–Crippen MR) is 92.3 cm³/mol. The number of ether oxygens (including phenoxy) is 2. The van der Waals surface area contributed by atoms with Crippen molar-refractivity contribution in [1.29, 1.82) is 0 Å². The molecule has 0 fully saturated rings. The van der Waals surface area contributed by atoms with Crippen LogP contribution in [0.1, 0.15) is 53.3 Å². The second-order valence-electron chi connectivity index (χ2n) is 5.48. The average Bonchev–Trinajstić information content (AvgIpc) is 2.62. The maximum atomic E-state index is 12.1. The van der Waals surface area contributed by atoms with Crippen molar-refractivity contribution < 1.29 is 19.1 Å². The van der Waals surface area contributed by atoms with E-state index in [1.807, 2.05) is 6.07 Å². The zero-order chi connectivity index (χ0) is 17.2. The second kappa shape index (κ2) is 9.50. The molecule has 2 aromatic rings. The quantitative estimate of drug-likeness (QED) is 0.403. The Morgan fingerprint density at radius 3 is 2.25 bits per heavy atom. The van der Waals surface area contributed by atoms with Crippen molar-refractivity contribution in [3.05, 3.63) is 65.7 Å². The van der Waals surface area contributed by atoms with E-state index in [0.717, 1.165) is 25.7 Å². The van der Waals surface area contributed by atoms with Gasteiger partial charge in [0.15, 0.2) is 0 Å². The average molecular weight is 326 g/mol. The lowest BCUT2D eigenvalue weighted by Crippen LogP contribution is -2.11. The van der Waals surface area contributed by atoms with Gasteiger partial charge in [-0.1, -0.05) is 50.5 Å². The lowest BCUT2D eigenvalue weighted by atomic mass is 10.1. The summed E-state index contributed by atoms with van der Waals surface area (Å²) in [5, 5.41) is 0. The molecule has 0 amide bonds. The molecule has 0 aliphatic carbocycles. The molecule has 0 N–H and O–H groups in total. The Kier molecular flexibility index (Phi) is 7.02. The summed E-state index contributed by atoms with van der Waals surface area (Å²) in [6.45, 7) is 2.53. The highest BCUT2D eigenvalue weighted by molar-refractivity contribution is 5.96. The molecule has 0 bridgehead atoms. The molecule has 0 atom stereocenters. The van der Waals surface area contributed by atoms with Gasteiger partial charge in [-0.05, 0) is 36.8 Å². The molecule has 0 saturated heterocycles. The summed E-state index contributed by atoms with van der Waals surface area (Å²) < 4.78 is 10.5. The van der Waals surface area contributed by atoms with Gasteiger partial charge < -0.3 is 9.47 Å². The van der Waals surface area contributed by atoms with Gasteiger partial charge in [-0.25, -0.2) is 9.59 Å². The van der Waals surface area contributed by atoms with Crippen LogP contribution in [0.5, 0.6) is 5.75 Å². The number of carbonyl (C=O) groups excluding carboxylic acids is 2. The fourth-order valence-electron chi connectivity index (χ4n) is 2.20. The molecule has 2 aromatic carbocycles. The summed E-state index contributed by atoms with van der Waals surface area (Å²) in [5.41, 5.74) is 0.673. The molecule has 0 heterocycles. The molecule has 126 valence electrons. The highest BCUT2D eigenvalue weighted by Gasteiger charge is 2.13. The van der Waals surface area contributed by atoms with E-state index in [1.54, 1.807) is 42.5 Å². The van der Waals surface area contributed by atoms with Crippen molar-refractivity contribution >= 4 is 11.9 Å². The fourth-order valence-corrected chi connectivity index (χ4v) is 2.20. The number of hydrogen-bond donors (Lipinski definition) is 0. The summed E-state index contributed by atoms with van der Waals surface area (Å²) in [6.07, 6.45) is 4.18.